The first-order chi connectivity index (χ1) is 56.1. The van der Waals surface area contributed by atoms with E-state index in [0.717, 1.165) is 122 Å². The number of benzene rings is 8. The van der Waals surface area contributed by atoms with E-state index in [-0.39, 0.29) is 42.2 Å². The highest BCUT2D eigenvalue weighted by atomic mass is 31.2. The number of aldehydes is 1. The van der Waals surface area contributed by atoms with Gasteiger partial charge in [-0.2, -0.15) is 0 Å². The van der Waals surface area contributed by atoms with Crippen molar-refractivity contribution in [2.24, 2.45) is 11.8 Å². The summed E-state index contributed by atoms with van der Waals surface area (Å²) in [5.41, 5.74) is 16.2. The molecule has 1 fully saturated rings. The minimum absolute atomic E-state index is 0.0525. The number of nitrogens with zero attached hydrogens (tertiary/aromatic N) is 1. The van der Waals surface area contributed by atoms with E-state index in [1.807, 2.05) is 111 Å². The van der Waals surface area contributed by atoms with E-state index in [2.05, 4.69) is 86.4 Å². The zero-order valence-corrected chi connectivity index (χ0v) is 66.3. The van der Waals surface area contributed by atoms with Crippen LogP contribution in [-0.2, 0) is 66.9 Å². The lowest BCUT2D eigenvalue weighted by Crippen LogP contribution is -2.61. The maximum Gasteiger partial charge on any atom is 0.338 e. The van der Waals surface area contributed by atoms with Crippen molar-refractivity contribution in [3.63, 3.8) is 0 Å². The van der Waals surface area contributed by atoms with Crippen LogP contribution in [0, 0.1) is 11.8 Å². The summed E-state index contributed by atoms with van der Waals surface area (Å²) >= 11 is 0. The van der Waals surface area contributed by atoms with Crippen molar-refractivity contribution >= 4 is 97.4 Å². The Kier molecular flexibility index (Phi) is 28.7. The van der Waals surface area contributed by atoms with Crippen LogP contribution >= 0.6 is 7.82 Å². The molecular weight excluding hydrogens is 1520 g/mol. The number of aliphatic hydroxyl groups excluding tert-OH is 4. The highest BCUT2D eigenvalue weighted by molar-refractivity contribution is 7.45. The van der Waals surface area contributed by atoms with Gasteiger partial charge in [-0.15, -0.1) is 0 Å². The smallest absolute Gasteiger partial charge is 0.338 e. The Hall–Kier alpha value is -12.0. The number of aliphatic carboxylic acids is 2. The quantitative estimate of drug-likeness (QED) is 0.0161. The van der Waals surface area contributed by atoms with E-state index in [4.69, 9.17) is 34.4 Å². The molecule has 8 aromatic carbocycles. The number of fused-ring (bicyclic) bond motifs is 9. The predicted molar refractivity (Wildman–Crippen MR) is 445 cm³/mol. The summed E-state index contributed by atoms with van der Waals surface area (Å²) in [5, 5.41) is 90.6. The first-order valence-electron chi connectivity index (χ1n) is 38.3. The molecule has 0 amide bonds. The van der Waals surface area contributed by atoms with Gasteiger partial charge in [0.05, 0.1) is 12.0 Å². The average molecular weight is 1620 g/mol. The van der Waals surface area contributed by atoms with Gasteiger partial charge in [-0.1, -0.05) is 113 Å². The molecule has 28 heteroatoms. The molecule has 16 N–H and O–H groups in total. The number of aromatic amines is 6. The van der Waals surface area contributed by atoms with Crippen molar-refractivity contribution in [1.82, 2.24) is 34.8 Å². The van der Waals surface area contributed by atoms with E-state index in [0.29, 0.717) is 64.7 Å². The number of rotatable bonds is 23. The van der Waals surface area contributed by atoms with E-state index >= 15 is 0 Å². The fourth-order valence-corrected chi connectivity index (χ4v) is 14.8. The number of phosphoric acid groups is 1. The van der Waals surface area contributed by atoms with Crippen LogP contribution in [-0.4, -0.2) is 174 Å². The van der Waals surface area contributed by atoms with Crippen LogP contribution in [0.4, 0.5) is 0 Å². The molecule has 2 aliphatic rings. The monoisotopic (exact) mass is 1610 g/mol. The van der Waals surface area contributed by atoms with Gasteiger partial charge in [-0.25, -0.2) is 9.59 Å². The van der Waals surface area contributed by atoms with E-state index in [9.17, 15) is 59.3 Å². The number of aromatic hydroxyl groups is 3. The van der Waals surface area contributed by atoms with Crippen molar-refractivity contribution < 1.29 is 98.2 Å². The first kappa shape index (κ1) is 85.9. The predicted octanol–water partition coefficient (Wildman–Crippen LogP) is 13.4. The van der Waals surface area contributed by atoms with Crippen molar-refractivity contribution in [2.75, 3.05) is 33.9 Å². The zero-order chi connectivity index (χ0) is 83.8. The molecule has 614 valence electrons. The van der Waals surface area contributed by atoms with Gasteiger partial charge in [0, 0.05) is 128 Å². The van der Waals surface area contributed by atoms with Crippen molar-refractivity contribution in [3.05, 3.63) is 245 Å². The number of phenols is 3. The minimum Gasteiger partial charge on any atom is -0.746 e. The molecule has 7 heterocycles. The number of ether oxygens (including phenoxy) is 3. The number of carbonyl (C=O) groups is 4. The first-order valence-corrected chi connectivity index (χ1v) is 39.8. The molecule has 6 atom stereocenters. The standard InChI is InChI=1S/C25H21NO3.C18H24N2O7.C13H18NO4P.C13H17NO.C10H9NO3.C10H9NO2/c27-12-11-17-14-26-24-13-16(9-10-18(17)24)25(28)29-15-23-21-7-3-1-5-19(21)20-6-2-4-8-22(20)23;1-20(2)7-6-9-8-19-10-4-3-5-11(12(9)10)26-18-15(23)13(21)14(22)16(27-18)17(24)25;1-9(2)6-7-10-8-14-11-4-3-5-12(13(10)11)18-19(15,16)17;1-9(2)6-7-10-8-14-11-4-3-5-12(15)13(10)11;12-8-3-1-2-7-10(8)6(5-11-7)4-9(13)14;12-5-4-7-6-11-8-2-1-3-9(13)10(7)8/h1-10,13-14,23,26-27H,11-12,15H2;3-5,8,13-16,18-19,21-23H,6-7H2,1-2H3,(H,24,25);3-5,8-9,14H,6-7H2,1-2H3,(H2,15,16,17);3-5,8-9,14-15H,6-7H2,1-2H3;1-3,5,11-12H,4H2,(H,13,14);1-3,5-6,11,13H,4H2/p-1/t;13-,14-,15+,16-,18+;;;;/m.0..../s1. The molecule has 1 aliphatic carbocycles. The summed E-state index contributed by atoms with van der Waals surface area (Å²) in [6.07, 6.45) is 9.18. The minimum atomic E-state index is -4.79. The second-order valence-corrected chi connectivity index (χ2v) is 30.8. The largest absolute Gasteiger partial charge is 0.746 e. The maximum atomic E-state index is 12.7. The van der Waals surface area contributed by atoms with Crippen LogP contribution in [0.5, 0.6) is 28.7 Å². The Labute approximate surface area is 673 Å². The van der Waals surface area contributed by atoms with Crippen LogP contribution in [0.1, 0.15) is 101 Å². The average Bonchev–Trinajstić information content (AvgIpc) is 1.63. The fourth-order valence-electron chi connectivity index (χ4n) is 14.4. The molecular formula is C89H97N7O20P-. The zero-order valence-electron chi connectivity index (χ0n) is 65.4. The number of hydrogen-bond acceptors (Lipinski definition) is 18. The number of esters is 1. The molecule has 1 saturated heterocycles. The van der Waals surface area contributed by atoms with Crippen molar-refractivity contribution in [2.45, 2.75) is 116 Å². The summed E-state index contributed by atoms with van der Waals surface area (Å²) in [7, 11) is -0.850. The number of hydrogen-bond donors (Lipinski definition) is 16. The molecule has 1 unspecified atom stereocenters. The molecule has 0 spiro atoms. The Morgan fingerprint density at radius 1 is 0.538 bits per heavy atom. The van der Waals surface area contributed by atoms with Crippen LogP contribution in [0.25, 0.3) is 76.5 Å². The van der Waals surface area contributed by atoms with Gasteiger partial charge in [0.25, 0.3) is 0 Å². The number of likely N-dealkylation sites (N-methyl/N-ethyl adjacent to an activating group) is 1. The number of carbonyl (C=O) groups excluding carboxylic acids is 2. The molecule has 14 aromatic rings. The van der Waals surface area contributed by atoms with E-state index < -0.39 is 50.5 Å². The third-order valence-electron chi connectivity index (χ3n) is 20.2. The summed E-state index contributed by atoms with van der Waals surface area (Å²) in [6, 6.07) is 48.4. The van der Waals surface area contributed by atoms with Gasteiger partial charge >= 0.3 is 25.7 Å². The lowest BCUT2D eigenvalue weighted by molar-refractivity contribution is -0.270. The fraction of sp³-hybridized carbons (Fsp3) is 0.281. The lowest BCUT2D eigenvalue weighted by Gasteiger charge is -2.38. The number of aliphatic hydroxyl groups is 4. The SMILES string of the molecule is CC(C)CCc1c[nH]c2cccc(O)c12.CC(C)CCc1c[nH]c2cccc(OP(=O)([O-])O)c12.CN(C)CCc1c[nH]c2cccc(O[C@@H]3O[C@H](C(=O)O)[C@@H](O)[C@H](O)[C@H]3O)c12.O=C(O)Cc1c[nH]c2cccc(O)c12.O=C(OCC1c2ccccc2-c2ccccc21)c1ccc2c(CCO)c[nH]c2c1.O=CCc1c[nH]c2cccc(O)c12. The number of phenolic OH excluding ortho intramolecular Hbond substituents is 3. The summed E-state index contributed by atoms with van der Waals surface area (Å²) in [6.45, 7) is 9.92. The van der Waals surface area contributed by atoms with E-state index in [1.165, 1.54) is 33.9 Å². The Morgan fingerprint density at radius 2 is 0.991 bits per heavy atom. The van der Waals surface area contributed by atoms with Gasteiger partial charge in [0.15, 0.2) is 6.10 Å². The highest BCUT2D eigenvalue weighted by Crippen LogP contribution is 2.45. The molecule has 0 bridgehead atoms. The number of carboxylic acids is 2. The molecule has 0 saturated carbocycles. The number of aromatic nitrogens is 6. The Bertz CT molecular complexity index is 5740. The third kappa shape index (κ3) is 21.2. The lowest BCUT2D eigenvalue weighted by atomic mass is 9.98. The molecule has 16 rings (SSSR count). The maximum absolute atomic E-state index is 12.7. The number of nitrogens with one attached hydrogen (secondary N) is 6. The van der Waals surface area contributed by atoms with Gasteiger partial charge in [0.2, 0.25) is 6.29 Å². The van der Waals surface area contributed by atoms with Crippen LogP contribution < -0.4 is 14.2 Å². The highest BCUT2D eigenvalue weighted by Gasteiger charge is 2.48. The van der Waals surface area contributed by atoms with E-state index in [1.54, 1.807) is 73.1 Å². The van der Waals surface area contributed by atoms with Crippen LogP contribution in [0.3, 0.4) is 0 Å². The molecule has 0 radical (unpaired) electrons. The summed E-state index contributed by atoms with van der Waals surface area (Å²) in [5.74, 6) is -0.116. The molecule has 27 nitrogen and oxygen atoms in total. The molecule has 6 aromatic heterocycles. The number of phosphoric ester groups is 1. The topological polar surface area (TPSA) is 446 Å². The summed E-state index contributed by atoms with van der Waals surface area (Å²) < 4.78 is 32.2. The Balaban J connectivity index is 0.000000142. The molecule has 1 aliphatic heterocycles. The summed E-state index contributed by atoms with van der Waals surface area (Å²) in [4.78, 5) is 85.1. The third-order valence-corrected chi connectivity index (χ3v) is 20.7. The Morgan fingerprint density at radius 3 is 1.50 bits per heavy atom. The van der Waals surface area contributed by atoms with Gasteiger partial charge in [-0.05, 0) is 193 Å². The van der Waals surface area contributed by atoms with Crippen LogP contribution in [0.2, 0.25) is 0 Å². The second-order valence-electron chi connectivity index (χ2n) is 29.7. The number of aryl methyl sites for hydroxylation is 2. The van der Waals surface area contributed by atoms with Crippen molar-refractivity contribution in [1.29, 1.82) is 0 Å². The van der Waals surface area contributed by atoms with Crippen molar-refractivity contribution in [3.8, 4) is 39.9 Å². The van der Waals surface area contributed by atoms with Gasteiger partial charge < -0.3 is 114 Å². The number of H-pyrrole nitrogens is 6. The van der Waals surface area contributed by atoms with Gasteiger partial charge in [-0.3, -0.25) is 9.36 Å². The second kappa shape index (κ2) is 39.1. The normalized spacial score (nSPS) is 16.0. The van der Waals surface area contributed by atoms with Gasteiger partial charge in [0.1, 0.15) is 60.0 Å². The van der Waals surface area contributed by atoms with Crippen LogP contribution in [0.15, 0.2) is 195 Å². The molecule has 117 heavy (non-hydrogen) atoms. The number of carboxylic acid groups (broad SMARTS) is 2.